The number of aryl methyl sites for hydroxylation is 2. The molecule has 0 saturated carbocycles. The molecule has 2 heterocycles. The number of hydrogen-bond donors (Lipinski definition) is 2. The highest BCUT2D eigenvalue weighted by Gasteiger charge is 2.59. The zero-order valence-electron chi connectivity index (χ0n) is 17.5. The first-order valence-electron chi connectivity index (χ1n) is 10.3. The number of benzene rings is 3. The maximum Gasteiger partial charge on any atom is 0.256 e. The van der Waals surface area contributed by atoms with Gasteiger partial charge in [0.1, 0.15) is 0 Å². The van der Waals surface area contributed by atoms with Gasteiger partial charge in [-0.15, -0.1) is 0 Å². The molecule has 154 valence electrons. The van der Waals surface area contributed by atoms with Gasteiger partial charge in [-0.25, -0.2) is 0 Å². The van der Waals surface area contributed by atoms with E-state index in [1.165, 1.54) is 0 Å². The maximum atomic E-state index is 13.8. The van der Waals surface area contributed by atoms with Crippen LogP contribution < -0.4 is 10.2 Å². The van der Waals surface area contributed by atoms with Gasteiger partial charge in [-0.05, 0) is 44.2 Å². The topological polar surface area (TPSA) is 65.2 Å². The predicted octanol–water partition coefficient (Wildman–Crippen LogP) is 5.06. The van der Waals surface area contributed by atoms with E-state index >= 15 is 0 Å². The van der Waals surface area contributed by atoms with Crippen LogP contribution in [0.3, 0.4) is 0 Å². The standard InChI is InChI=1S/C26H23N3O2/c1-17-7-11-19(12-8-17)28-25(31)26(22-16-27-23-6-4-3-5-21(22)23)15-24(30)29(26)20-13-9-18(2)10-14-20/h3-14,16,27H,15H2,1-2H3,(H,28,31). The lowest BCUT2D eigenvalue weighted by atomic mass is 9.75. The van der Waals surface area contributed by atoms with Gasteiger partial charge in [-0.1, -0.05) is 53.6 Å². The van der Waals surface area contributed by atoms with E-state index in [0.717, 1.165) is 27.6 Å². The largest absolute Gasteiger partial charge is 0.361 e. The van der Waals surface area contributed by atoms with Crippen LogP contribution in [-0.2, 0) is 15.1 Å². The van der Waals surface area contributed by atoms with E-state index < -0.39 is 5.54 Å². The van der Waals surface area contributed by atoms with Gasteiger partial charge in [-0.2, -0.15) is 0 Å². The Kier molecular flexibility index (Phi) is 4.40. The van der Waals surface area contributed by atoms with Gasteiger partial charge < -0.3 is 10.3 Å². The molecule has 5 rings (SSSR count). The Hall–Kier alpha value is -3.86. The number of carbonyl (C=O) groups excluding carboxylic acids is 2. The van der Waals surface area contributed by atoms with Crippen LogP contribution in [0.15, 0.2) is 79.0 Å². The van der Waals surface area contributed by atoms with Gasteiger partial charge in [0.05, 0.1) is 6.42 Å². The van der Waals surface area contributed by atoms with Crippen LogP contribution in [0.5, 0.6) is 0 Å². The van der Waals surface area contributed by atoms with Gasteiger partial charge in [-0.3, -0.25) is 14.5 Å². The van der Waals surface area contributed by atoms with Crippen LogP contribution in [0.2, 0.25) is 0 Å². The fourth-order valence-electron chi connectivity index (χ4n) is 4.36. The predicted molar refractivity (Wildman–Crippen MR) is 123 cm³/mol. The van der Waals surface area contributed by atoms with Crippen molar-refractivity contribution in [2.24, 2.45) is 0 Å². The van der Waals surface area contributed by atoms with Gasteiger partial charge in [0.25, 0.3) is 5.91 Å². The van der Waals surface area contributed by atoms with E-state index in [2.05, 4.69) is 10.3 Å². The number of nitrogens with zero attached hydrogens (tertiary/aromatic N) is 1. The fourth-order valence-corrected chi connectivity index (χ4v) is 4.36. The molecule has 1 aromatic heterocycles. The Bertz CT molecular complexity index is 1290. The smallest absolute Gasteiger partial charge is 0.256 e. The van der Waals surface area contributed by atoms with Crippen molar-refractivity contribution >= 4 is 34.1 Å². The van der Waals surface area contributed by atoms with Crippen molar-refractivity contribution < 1.29 is 9.59 Å². The van der Waals surface area contributed by atoms with E-state index in [1.807, 2.05) is 92.8 Å². The maximum absolute atomic E-state index is 13.8. The number of fused-ring (bicyclic) bond motifs is 1. The third kappa shape index (κ3) is 3.01. The van der Waals surface area contributed by atoms with Crippen LogP contribution >= 0.6 is 0 Å². The number of para-hydroxylation sites is 1. The van der Waals surface area contributed by atoms with Crippen LogP contribution in [0.1, 0.15) is 23.1 Å². The molecule has 1 saturated heterocycles. The highest BCUT2D eigenvalue weighted by molar-refractivity contribution is 6.18. The van der Waals surface area contributed by atoms with Crippen molar-refractivity contribution in [2.45, 2.75) is 25.8 Å². The van der Waals surface area contributed by atoms with Crippen LogP contribution in [-0.4, -0.2) is 16.8 Å². The van der Waals surface area contributed by atoms with E-state index in [4.69, 9.17) is 0 Å². The Balaban J connectivity index is 1.65. The van der Waals surface area contributed by atoms with Crippen molar-refractivity contribution in [1.29, 1.82) is 0 Å². The molecule has 2 amide bonds. The third-order valence-electron chi connectivity index (χ3n) is 6.05. The molecule has 1 fully saturated rings. The number of H-pyrrole nitrogens is 1. The third-order valence-corrected chi connectivity index (χ3v) is 6.05. The highest BCUT2D eigenvalue weighted by Crippen LogP contribution is 2.47. The minimum absolute atomic E-state index is 0.0757. The molecule has 5 nitrogen and oxygen atoms in total. The van der Waals surface area contributed by atoms with Crippen molar-refractivity contribution in [3.63, 3.8) is 0 Å². The van der Waals surface area contributed by atoms with Gasteiger partial charge in [0, 0.05) is 34.0 Å². The molecule has 0 spiro atoms. The van der Waals surface area contributed by atoms with Crippen molar-refractivity contribution in [2.75, 3.05) is 10.2 Å². The second kappa shape index (κ2) is 7.13. The number of anilines is 2. The molecule has 1 aliphatic heterocycles. The quantitative estimate of drug-likeness (QED) is 0.463. The summed E-state index contributed by atoms with van der Waals surface area (Å²) in [5.41, 5.74) is 4.24. The van der Waals surface area contributed by atoms with E-state index in [9.17, 15) is 9.59 Å². The van der Waals surface area contributed by atoms with Crippen LogP contribution in [0.25, 0.3) is 10.9 Å². The zero-order chi connectivity index (χ0) is 21.6. The first-order valence-corrected chi connectivity index (χ1v) is 10.3. The Morgan fingerprint density at radius 2 is 1.58 bits per heavy atom. The van der Waals surface area contributed by atoms with E-state index in [-0.39, 0.29) is 18.2 Å². The van der Waals surface area contributed by atoms with Gasteiger partial charge in [0.2, 0.25) is 5.91 Å². The SMILES string of the molecule is Cc1ccc(NC(=O)C2(c3c[nH]c4ccccc34)CC(=O)N2c2ccc(C)cc2)cc1. The number of hydrogen-bond acceptors (Lipinski definition) is 2. The Labute approximate surface area is 180 Å². The fraction of sp³-hybridized carbons (Fsp3) is 0.154. The second-order valence-corrected chi connectivity index (χ2v) is 8.17. The number of aromatic nitrogens is 1. The minimum Gasteiger partial charge on any atom is -0.361 e. The number of rotatable bonds is 4. The van der Waals surface area contributed by atoms with Crippen molar-refractivity contribution in [3.05, 3.63) is 95.7 Å². The molecular weight excluding hydrogens is 386 g/mol. The number of β-lactam (4-membered cyclic amide) rings is 1. The summed E-state index contributed by atoms with van der Waals surface area (Å²) in [5, 5.41) is 3.99. The minimum atomic E-state index is -1.13. The molecule has 2 N–H and O–H groups in total. The lowest BCUT2D eigenvalue weighted by Crippen LogP contribution is -2.67. The Morgan fingerprint density at radius 1 is 0.935 bits per heavy atom. The van der Waals surface area contributed by atoms with Crippen LogP contribution in [0.4, 0.5) is 11.4 Å². The van der Waals surface area contributed by atoms with Crippen molar-refractivity contribution in [1.82, 2.24) is 4.98 Å². The Morgan fingerprint density at radius 3 is 2.26 bits per heavy atom. The lowest BCUT2D eigenvalue weighted by Gasteiger charge is -2.50. The molecule has 3 aromatic carbocycles. The van der Waals surface area contributed by atoms with Crippen molar-refractivity contribution in [3.8, 4) is 0 Å². The summed E-state index contributed by atoms with van der Waals surface area (Å²) in [6.45, 7) is 4.00. The number of amides is 2. The molecule has 1 aliphatic rings. The van der Waals surface area contributed by atoms with Gasteiger partial charge in [0.15, 0.2) is 5.54 Å². The highest BCUT2D eigenvalue weighted by atomic mass is 16.2. The monoisotopic (exact) mass is 409 g/mol. The number of nitrogens with one attached hydrogen (secondary N) is 2. The molecule has 1 unspecified atom stereocenters. The first kappa shape index (κ1) is 19.1. The van der Waals surface area contributed by atoms with E-state index in [0.29, 0.717) is 11.4 Å². The number of carbonyl (C=O) groups is 2. The lowest BCUT2D eigenvalue weighted by molar-refractivity contribution is -0.137. The summed E-state index contributed by atoms with van der Waals surface area (Å²) in [7, 11) is 0. The van der Waals surface area contributed by atoms with E-state index in [1.54, 1.807) is 4.90 Å². The first-order chi connectivity index (χ1) is 15.0. The molecule has 0 bridgehead atoms. The summed E-state index contributed by atoms with van der Waals surface area (Å²) >= 11 is 0. The summed E-state index contributed by atoms with van der Waals surface area (Å²) < 4.78 is 0. The van der Waals surface area contributed by atoms with Crippen LogP contribution in [0, 0.1) is 13.8 Å². The average molecular weight is 409 g/mol. The molecule has 31 heavy (non-hydrogen) atoms. The normalized spacial score (nSPS) is 18.1. The zero-order valence-corrected chi connectivity index (χ0v) is 17.5. The number of aromatic amines is 1. The van der Waals surface area contributed by atoms with Gasteiger partial charge >= 0.3 is 0 Å². The summed E-state index contributed by atoms with van der Waals surface area (Å²) in [6.07, 6.45) is 1.97. The molecule has 5 heteroatoms. The molecule has 0 radical (unpaired) electrons. The molecular formula is C26H23N3O2. The molecule has 0 aliphatic carbocycles. The summed E-state index contributed by atoms with van der Waals surface area (Å²) in [6, 6.07) is 23.2. The molecule has 1 atom stereocenters. The molecule has 4 aromatic rings. The average Bonchev–Trinajstić information content (AvgIpc) is 3.19. The summed E-state index contributed by atoms with van der Waals surface area (Å²) in [5.74, 6) is -0.297. The summed E-state index contributed by atoms with van der Waals surface area (Å²) in [4.78, 5) is 31.6. The second-order valence-electron chi connectivity index (χ2n) is 8.17.